The largest absolute Gasteiger partial charge is 0.459 e. The Kier molecular flexibility index (Phi) is 8.86. The summed E-state index contributed by atoms with van der Waals surface area (Å²) >= 11 is 0. The topological polar surface area (TPSA) is 141 Å². The maximum Gasteiger partial charge on any atom is 0.459 e. The average molecular weight is 497 g/mol. The minimum atomic E-state index is -3.90. The summed E-state index contributed by atoms with van der Waals surface area (Å²) in [7, 11) is -3.90. The van der Waals surface area contributed by atoms with Crippen molar-refractivity contribution in [3.05, 3.63) is 63.4 Å². The van der Waals surface area contributed by atoms with Gasteiger partial charge in [0, 0.05) is 24.9 Å². The first-order valence-electron chi connectivity index (χ1n) is 11.2. The van der Waals surface area contributed by atoms with Crippen LogP contribution < -0.4 is 20.9 Å². The number of rotatable bonds is 12. The number of nitrogens with zero attached hydrogens (tertiary/aromatic N) is 1. The van der Waals surface area contributed by atoms with Gasteiger partial charge in [-0.1, -0.05) is 25.1 Å². The van der Waals surface area contributed by atoms with E-state index in [2.05, 4.69) is 10.1 Å². The molecule has 1 aromatic heterocycles. The zero-order valence-electron chi connectivity index (χ0n) is 19.5. The Morgan fingerprint density at radius 1 is 1.29 bits per heavy atom. The van der Waals surface area contributed by atoms with E-state index in [-0.39, 0.29) is 19.3 Å². The van der Waals surface area contributed by atoms with E-state index in [1.54, 1.807) is 37.3 Å². The van der Waals surface area contributed by atoms with Gasteiger partial charge in [-0.15, -0.1) is 0 Å². The highest BCUT2D eigenvalue weighted by Crippen LogP contribution is 2.46. The highest BCUT2D eigenvalue weighted by atomic mass is 31.2. The van der Waals surface area contributed by atoms with Crippen LogP contribution in [0.25, 0.3) is 0 Å². The fraction of sp³-hybridized carbons (Fsp3) is 0.545. The molecule has 0 amide bonds. The first-order valence-corrected chi connectivity index (χ1v) is 12.7. The van der Waals surface area contributed by atoms with E-state index in [0.717, 1.165) is 0 Å². The van der Waals surface area contributed by atoms with Crippen molar-refractivity contribution in [2.45, 2.75) is 51.0 Å². The number of ether oxygens (including phenoxy) is 2. The third-order valence-electron chi connectivity index (χ3n) is 5.69. The van der Waals surface area contributed by atoms with Gasteiger partial charge in [-0.3, -0.25) is 18.9 Å². The van der Waals surface area contributed by atoms with Gasteiger partial charge in [-0.25, -0.2) is 14.4 Å². The molecule has 1 aromatic carbocycles. The lowest BCUT2D eigenvalue weighted by Crippen LogP contribution is -2.50. The van der Waals surface area contributed by atoms with Crippen LogP contribution in [0.5, 0.6) is 5.75 Å². The lowest BCUT2D eigenvalue weighted by molar-refractivity contribution is -0.0000830. The number of aromatic nitrogens is 2. The van der Waals surface area contributed by atoms with Crippen LogP contribution in [0.1, 0.15) is 27.2 Å². The quantitative estimate of drug-likeness (QED) is 0.373. The monoisotopic (exact) mass is 497 g/mol. The molecule has 0 aliphatic carbocycles. The molecular formula is C22H32N3O8P. The van der Waals surface area contributed by atoms with E-state index in [1.165, 1.54) is 16.8 Å². The van der Waals surface area contributed by atoms with Crippen LogP contribution in [0.4, 0.5) is 0 Å². The number of aliphatic hydroxyl groups excluding tert-OH is 1. The molecular weight excluding hydrogens is 465 g/mol. The van der Waals surface area contributed by atoms with E-state index >= 15 is 0 Å². The minimum Gasteiger partial charge on any atom is -0.413 e. The number of H-pyrrole nitrogens is 1. The minimum absolute atomic E-state index is 0.0205. The Labute approximate surface area is 197 Å². The van der Waals surface area contributed by atoms with E-state index in [4.69, 9.17) is 18.5 Å². The van der Waals surface area contributed by atoms with Crippen LogP contribution in [0.15, 0.2) is 52.2 Å². The third-order valence-corrected chi connectivity index (χ3v) is 7.31. The van der Waals surface area contributed by atoms with Gasteiger partial charge in [0.15, 0.2) is 0 Å². The number of aliphatic hydroxyl groups is 1. The van der Waals surface area contributed by atoms with Gasteiger partial charge in [0.1, 0.15) is 18.0 Å². The van der Waals surface area contributed by atoms with Gasteiger partial charge in [-0.05, 0) is 32.4 Å². The van der Waals surface area contributed by atoms with Crippen molar-refractivity contribution in [2.24, 2.45) is 0 Å². The summed E-state index contributed by atoms with van der Waals surface area (Å²) in [4.78, 5) is 25.8. The molecule has 5 atom stereocenters. The Balaban J connectivity index is 1.75. The fourth-order valence-corrected chi connectivity index (χ4v) is 5.26. The van der Waals surface area contributed by atoms with Crippen LogP contribution in [-0.4, -0.2) is 59.3 Å². The summed E-state index contributed by atoms with van der Waals surface area (Å²) in [6, 6.07) is 9.50. The molecule has 188 valence electrons. The van der Waals surface area contributed by atoms with Crippen LogP contribution in [-0.2, 0) is 24.1 Å². The molecule has 1 fully saturated rings. The molecule has 0 saturated carbocycles. The number of nitrogens with one attached hydrogen (secondary N) is 2. The van der Waals surface area contributed by atoms with Crippen molar-refractivity contribution >= 4 is 7.75 Å². The third kappa shape index (κ3) is 6.24. The lowest BCUT2D eigenvalue weighted by Gasteiger charge is -2.30. The predicted molar refractivity (Wildman–Crippen MR) is 125 cm³/mol. The number of para-hydroxylation sites is 1. The highest BCUT2D eigenvalue weighted by molar-refractivity contribution is 7.52. The second-order valence-electron chi connectivity index (χ2n) is 8.22. The van der Waals surface area contributed by atoms with E-state index in [0.29, 0.717) is 25.4 Å². The Hall–Kier alpha value is -2.27. The Morgan fingerprint density at radius 2 is 2.03 bits per heavy atom. The molecule has 1 aliphatic heterocycles. The van der Waals surface area contributed by atoms with Crippen molar-refractivity contribution in [2.75, 3.05) is 26.4 Å². The molecule has 0 bridgehead atoms. The summed E-state index contributed by atoms with van der Waals surface area (Å²) in [5.41, 5.74) is -2.37. The van der Waals surface area contributed by atoms with Crippen LogP contribution in [0.2, 0.25) is 0 Å². The lowest BCUT2D eigenvalue weighted by atomic mass is 9.94. The van der Waals surface area contributed by atoms with Crippen molar-refractivity contribution in [1.82, 2.24) is 14.6 Å². The van der Waals surface area contributed by atoms with Crippen molar-refractivity contribution < 1.29 is 28.2 Å². The van der Waals surface area contributed by atoms with Gasteiger partial charge >= 0.3 is 13.4 Å². The number of hydrogen-bond acceptors (Lipinski definition) is 8. The van der Waals surface area contributed by atoms with Crippen molar-refractivity contribution in [3.63, 3.8) is 0 Å². The molecule has 1 saturated heterocycles. The highest BCUT2D eigenvalue weighted by Gasteiger charge is 2.48. The van der Waals surface area contributed by atoms with Gasteiger partial charge in [0.25, 0.3) is 5.56 Å². The summed E-state index contributed by atoms with van der Waals surface area (Å²) in [6.45, 7) is 5.95. The first kappa shape index (κ1) is 26.3. The van der Waals surface area contributed by atoms with E-state index < -0.39 is 36.7 Å². The summed E-state index contributed by atoms with van der Waals surface area (Å²) in [5, 5.41) is 13.9. The molecule has 3 N–H and O–H groups in total. The predicted octanol–water partition coefficient (Wildman–Crippen LogP) is 1.62. The van der Waals surface area contributed by atoms with E-state index in [1.807, 2.05) is 13.8 Å². The average Bonchev–Trinajstić information content (AvgIpc) is 3.10. The summed E-state index contributed by atoms with van der Waals surface area (Å²) < 4.78 is 37.5. The fourth-order valence-electron chi connectivity index (χ4n) is 3.64. The Morgan fingerprint density at radius 3 is 2.68 bits per heavy atom. The zero-order chi connectivity index (χ0) is 24.8. The van der Waals surface area contributed by atoms with Crippen molar-refractivity contribution in [3.8, 4) is 5.75 Å². The maximum atomic E-state index is 13.7. The zero-order valence-corrected chi connectivity index (χ0v) is 20.4. The molecule has 2 heterocycles. The SMILES string of the molecule is CCOCC(CC)NP(=O)(OCC1OCC(C)(n2ccc(=O)[nH]c2=O)C1O)Oc1ccccc1. The Bertz CT molecular complexity index is 1090. The summed E-state index contributed by atoms with van der Waals surface area (Å²) in [5.74, 6) is 0.349. The second-order valence-corrected chi connectivity index (χ2v) is 9.92. The molecule has 0 radical (unpaired) electrons. The normalized spacial score (nSPS) is 25.1. The maximum absolute atomic E-state index is 13.7. The van der Waals surface area contributed by atoms with Gasteiger partial charge in [0.2, 0.25) is 0 Å². The molecule has 12 heteroatoms. The number of benzene rings is 1. The molecule has 5 unspecified atom stereocenters. The van der Waals surface area contributed by atoms with Gasteiger partial charge in [0.05, 0.1) is 25.4 Å². The van der Waals surface area contributed by atoms with Crippen molar-refractivity contribution in [1.29, 1.82) is 0 Å². The molecule has 0 spiro atoms. The van der Waals surface area contributed by atoms with E-state index in [9.17, 15) is 19.3 Å². The number of hydrogen-bond donors (Lipinski definition) is 3. The number of aromatic amines is 1. The van der Waals surface area contributed by atoms with Crippen LogP contribution in [0, 0.1) is 0 Å². The second kappa shape index (κ2) is 11.4. The summed E-state index contributed by atoms with van der Waals surface area (Å²) in [6.07, 6.45) is -0.167. The molecule has 34 heavy (non-hydrogen) atoms. The molecule has 2 aromatic rings. The first-order chi connectivity index (χ1) is 16.2. The smallest absolute Gasteiger partial charge is 0.413 e. The standard InChI is InChI=1S/C22H32N3O8P/c1-4-16(13-30-5-2)24-34(29,33-17-9-7-6-8-10-17)32-14-18-20(27)22(3,15-31-18)25-12-11-19(26)23-21(25)28/h6-12,16,18,20,27H,4-5,13-15H2,1-3H3,(H,24,29)(H,23,26,28). The molecule has 11 nitrogen and oxygen atoms in total. The molecule has 1 aliphatic rings. The molecule has 3 rings (SSSR count). The van der Waals surface area contributed by atoms with Crippen LogP contribution >= 0.6 is 7.75 Å². The van der Waals surface area contributed by atoms with Gasteiger partial charge in [-0.2, -0.15) is 0 Å². The van der Waals surface area contributed by atoms with Gasteiger partial charge < -0.3 is 19.1 Å². The van der Waals surface area contributed by atoms with Crippen LogP contribution in [0.3, 0.4) is 0 Å².